The van der Waals surface area contributed by atoms with Gasteiger partial charge in [-0.1, -0.05) is 231 Å². The first-order chi connectivity index (χ1) is 30.5. The molecular weight excluding hydrogens is 771 g/mol. The van der Waals surface area contributed by atoms with Crippen LogP contribution in [0.5, 0.6) is 0 Å². The lowest BCUT2D eigenvalue weighted by Gasteiger charge is -2.24. The Labute approximate surface area is 386 Å². The third-order valence-corrected chi connectivity index (χ3v) is 12.5. The summed E-state index contributed by atoms with van der Waals surface area (Å²) < 4.78 is 11.2. The Bertz CT molecular complexity index is 927. The van der Waals surface area contributed by atoms with Crippen molar-refractivity contribution in [1.82, 2.24) is 4.90 Å². The second-order valence-electron chi connectivity index (χ2n) is 18.8. The van der Waals surface area contributed by atoms with Crippen LogP contribution < -0.4 is 0 Å². The summed E-state index contributed by atoms with van der Waals surface area (Å²) >= 11 is 0. The van der Waals surface area contributed by atoms with Gasteiger partial charge in [-0.25, -0.2) is 0 Å². The van der Waals surface area contributed by atoms with Crippen molar-refractivity contribution in [3.8, 4) is 0 Å². The van der Waals surface area contributed by atoms with Crippen LogP contribution in [0.2, 0.25) is 0 Å². The van der Waals surface area contributed by atoms with Gasteiger partial charge in [0, 0.05) is 32.5 Å². The number of hydrogen-bond acceptors (Lipinski definition) is 6. The van der Waals surface area contributed by atoms with Crippen molar-refractivity contribution in [2.45, 2.75) is 290 Å². The molecule has 368 valence electrons. The zero-order valence-corrected chi connectivity index (χ0v) is 41.6. The Hall–Kier alpha value is -1.44. The summed E-state index contributed by atoms with van der Waals surface area (Å²) in [6, 6.07) is 0. The maximum atomic E-state index is 12.8. The van der Waals surface area contributed by atoms with Gasteiger partial charge in [0.05, 0.1) is 25.9 Å². The van der Waals surface area contributed by atoms with Crippen LogP contribution in [0.15, 0.2) is 12.2 Å². The molecule has 0 saturated carbocycles. The number of rotatable bonds is 52. The Morgan fingerprint density at radius 1 is 0.468 bits per heavy atom. The number of esters is 1. The molecule has 0 aliphatic rings. The van der Waals surface area contributed by atoms with Crippen LogP contribution in [-0.4, -0.2) is 72.6 Å². The first kappa shape index (κ1) is 60.6. The van der Waals surface area contributed by atoms with E-state index < -0.39 is 6.10 Å². The van der Waals surface area contributed by atoms with E-state index in [1.54, 1.807) is 4.90 Å². The highest BCUT2D eigenvalue weighted by molar-refractivity contribution is 5.76. The smallest absolute Gasteiger partial charge is 0.305 e. The molecule has 2 N–H and O–H groups in total. The van der Waals surface area contributed by atoms with E-state index in [9.17, 15) is 19.8 Å². The molecule has 1 unspecified atom stereocenters. The molecule has 7 nitrogen and oxygen atoms in total. The lowest BCUT2D eigenvalue weighted by molar-refractivity contribution is -0.144. The molecule has 1 amide bonds. The van der Waals surface area contributed by atoms with Gasteiger partial charge in [0.15, 0.2) is 0 Å². The molecule has 0 radical (unpaired) electrons. The van der Waals surface area contributed by atoms with Crippen molar-refractivity contribution < 1.29 is 29.3 Å². The van der Waals surface area contributed by atoms with Crippen LogP contribution in [0.1, 0.15) is 284 Å². The minimum atomic E-state index is -0.717. The second kappa shape index (κ2) is 52.2. The molecule has 0 fully saturated rings. The monoisotopic (exact) mass is 878 g/mol. The molecule has 0 aromatic carbocycles. The predicted molar refractivity (Wildman–Crippen MR) is 266 cm³/mol. The standard InChI is InChI=1S/C55H107NO6/c1-3-5-7-9-11-13-15-17-19-22-26-30-34-38-42-46-55(60)62-50-44-40-36-32-28-24-20-21-25-29-33-37-41-45-54(59)56(47-48-57)51-53(58)52-61-49-43-39-35-31-27-23-18-16-14-12-10-8-6-4-2/h17,19,53,57-58H,3-16,18,20-52H2,1-2H3. The molecule has 1 atom stereocenters. The molecule has 0 rings (SSSR count). The number of unbranched alkanes of at least 4 members (excludes halogenated alkanes) is 36. The van der Waals surface area contributed by atoms with Crippen LogP contribution in [0.4, 0.5) is 0 Å². The van der Waals surface area contributed by atoms with Crippen molar-refractivity contribution in [2.75, 3.05) is 39.5 Å². The largest absolute Gasteiger partial charge is 0.466 e. The SMILES string of the molecule is CCCCCCCCC=CCCCCCCCC(=O)OCCCCCCCCCCCCCCCC(=O)N(CCO)CC(O)COCCCCCCCCCCCCCCCC. The molecule has 0 aromatic rings. The second-order valence-corrected chi connectivity index (χ2v) is 18.8. The van der Waals surface area contributed by atoms with Gasteiger partial charge in [-0.3, -0.25) is 9.59 Å². The van der Waals surface area contributed by atoms with Gasteiger partial charge in [0.1, 0.15) is 0 Å². The van der Waals surface area contributed by atoms with E-state index >= 15 is 0 Å². The van der Waals surface area contributed by atoms with E-state index in [4.69, 9.17) is 9.47 Å². The maximum absolute atomic E-state index is 12.8. The van der Waals surface area contributed by atoms with E-state index in [0.717, 1.165) is 51.4 Å². The van der Waals surface area contributed by atoms with Crippen molar-refractivity contribution in [3.05, 3.63) is 12.2 Å². The van der Waals surface area contributed by atoms with Crippen molar-refractivity contribution in [1.29, 1.82) is 0 Å². The Morgan fingerprint density at radius 3 is 1.24 bits per heavy atom. The van der Waals surface area contributed by atoms with Gasteiger partial charge in [0.2, 0.25) is 5.91 Å². The summed E-state index contributed by atoms with van der Waals surface area (Å²) in [5.41, 5.74) is 0. The average Bonchev–Trinajstić information content (AvgIpc) is 3.27. The van der Waals surface area contributed by atoms with Gasteiger partial charge < -0.3 is 24.6 Å². The van der Waals surface area contributed by atoms with Gasteiger partial charge in [0.25, 0.3) is 0 Å². The van der Waals surface area contributed by atoms with Crippen LogP contribution in [-0.2, 0) is 19.1 Å². The molecule has 0 heterocycles. The van der Waals surface area contributed by atoms with Crippen molar-refractivity contribution in [2.24, 2.45) is 0 Å². The number of allylic oxidation sites excluding steroid dienone is 2. The lowest BCUT2D eigenvalue weighted by Crippen LogP contribution is -2.40. The van der Waals surface area contributed by atoms with Crippen LogP contribution in [0, 0.1) is 0 Å². The van der Waals surface area contributed by atoms with E-state index in [2.05, 4.69) is 26.0 Å². The molecule has 0 aliphatic carbocycles. The van der Waals surface area contributed by atoms with E-state index in [1.165, 1.54) is 205 Å². The van der Waals surface area contributed by atoms with Crippen LogP contribution in [0.3, 0.4) is 0 Å². The summed E-state index contributed by atoms with van der Waals surface area (Å²) in [6.07, 6.45) is 55.6. The van der Waals surface area contributed by atoms with Gasteiger partial charge in [-0.15, -0.1) is 0 Å². The van der Waals surface area contributed by atoms with Crippen molar-refractivity contribution in [3.63, 3.8) is 0 Å². The first-order valence-corrected chi connectivity index (χ1v) is 27.5. The zero-order valence-electron chi connectivity index (χ0n) is 41.6. The number of amides is 1. The zero-order chi connectivity index (χ0) is 45.1. The minimum absolute atomic E-state index is 0.0151. The van der Waals surface area contributed by atoms with E-state index in [-0.39, 0.29) is 38.2 Å². The number of ether oxygens (including phenoxy) is 2. The fourth-order valence-electron chi connectivity index (χ4n) is 8.44. The molecular formula is C55H107NO6. The fourth-order valence-corrected chi connectivity index (χ4v) is 8.44. The Morgan fingerprint density at radius 2 is 0.823 bits per heavy atom. The molecule has 0 spiro atoms. The summed E-state index contributed by atoms with van der Waals surface area (Å²) in [4.78, 5) is 26.5. The van der Waals surface area contributed by atoms with Gasteiger partial charge in [-0.2, -0.15) is 0 Å². The maximum Gasteiger partial charge on any atom is 0.305 e. The molecule has 62 heavy (non-hydrogen) atoms. The third-order valence-electron chi connectivity index (χ3n) is 12.5. The number of nitrogens with zero attached hydrogens (tertiary/aromatic N) is 1. The highest BCUT2D eigenvalue weighted by Crippen LogP contribution is 2.16. The normalized spacial score (nSPS) is 12.1. The highest BCUT2D eigenvalue weighted by atomic mass is 16.5. The number of aliphatic hydroxyl groups is 2. The number of carbonyl (C=O) groups is 2. The quantitative estimate of drug-likeness (QED) is 0.0359. The Kier molecular flexibility index (Phi) is 51.0. The average molecular weight is 878 g/mol. The first-order valence-electron chi connectivity index (χ1n) is 27.5. The van der Waals surface area contributed by atoms with E-state index in [1.807, 2.05) is 0 Å². The van der Waals surface area contributed by atoms with Gasteiger partial charge in [-0.05, 0) is 51.4 Å². The number of carbonyl (C=O) groups excluding carboxylic acids is 2. The Balaban J connectivity index is 3.52. The lowest BCUT2D eigenvalue weighted by atomic mass is 10.0. The van der Waals surface area contributed by atoms with E-state index in [0.29, 0.717) is 26.1 Å². The van der Waals surface area contributed by atoms with Crippen molar-refractivity contribution >= 4 is 11.9 Å². The number of hydrogen-bond donors (Lipinski definition) is 2. The number of aliphatic hydroxyl groups excluding tert-OH is 2. The topological polar surface area (TPSA) is 96.3 Å². The van der Waals surface area contributed by atoms with Gasteiger partial charge >= 0.3 is 5.97 Å². The third kappa shape index (κ3) is 48.0. The molecule has 7 heteroatoms. The van der Waals surface area contributed by atoms with Crippen LogP contribution in [0.25, 0.3) is 0 Å². The summed E-state index contributed by atoms with van der Waals surface area (Å²) in [5, 5.41) is 20.0. The molecule has 0 saturated heterocycles. The molecule has 0 aromatic heterocycles. The molecule has 0 bridgehead atoms. The summed E-state index contributed by atoms with van der Waals surface area (Å²) in [5.74, 6) is 0.00812. The molecule has 0 aliphatic heterocycles. The summed E-state index contributed by atoms with van der Waals surface area (Å²) in [6.45, 7) is 6.43. The highest BCUT2D eigenvalue weighted by Gasteiger charge is 2.17. The fraction of sp³-hybridized carbons (Fsp3) is 0.927. The summed E-state index contributed by atoms with van der Waals surface area (Å²) in [7, 11) is 0. The predicted octanol–water partition coefficient (Wildman–Crippen LogP) is 15.7. The minimum Gasteiger partial charge on any atom is -0.466 e. The van der Waals surface area contributed by atoms with Crippen LogP contribution >= 0.6 is 0 Å².